The van der Waals surface area contributed by atoms with Crippen LogP contribution < -0.4 is 10.6 Å². The lowest BCUT2D eigenvalue weighted by molar-refractivity contribution is -0.145. The van der Waals surface area contributed by atoms with Crippen LogP contribution in [0.4, 0.5) is 5.69 Å². The van der Waals surface area contributed by atoms with E-state index >= 15 is 0 Å². The number of carbonyl (C=O) groups is 3. The Morgan fingerprint density at radius 3 is 2.53 bits per heavy atom. The second-order valence-corrected chi connectivity index (χ2v) is 8.89. The van der Waals surface area contributed by atoms with Crippen molar-refractivity contribution in [2.75, 3.05) is 5.32 Å². The lowest BCUT2D eigenvalue weighted by atomic mass is 9.76. The minimum atomic E-state index is -1.33. The molecule has 5 atom stereocenters. The molecule has 2 fully saturated rings. The van der Waals surface area contributed by atoms with Gasteiger partial charge in [-0.25, -0.2) is 0 Å². The maximum atomic E-state index is 13.6. The Kier molecular flexibility index (Phi) is 4.53. The zero-order chi connectivity index (χ0) is 22.8. The number of benzene rings is 2. The van der Waals surface area contributed by atoms with Gasteiger partial charge in [0, 0.05) is 23.3 Å². The number of para-hydroxylation sites is 1. The summed E-state index contributed by atoms with van der Waals surface area (Å²) in [4.78, 5) is 41.8. The number of hydrogen-bond acceptors (Lipinski definition) is 6. The first-order valence-electron chi connectivity index (χ1n) is 10.9. The van der Waals surface area contributed by atoms with E-state index in [1.165, 1.54) is 17.0 Å². The van der Waals surface area contributed by atoms with Crippen LogP contribution in [0.2, 0.25) is 0 Å². The third kappa shape index (κ3) is 2.62. The molecule has 3 amide bonds. The van der Waals surface area contributed by atoms with Crippen molar-refractivity contribution in [2.24, 2.45) is 11.8 Å². The van der Waals surface area contributed by atoms with Gasteiger partial charge in [0.05, 0.1) is 11.8 Å². The molecular weight excluding hydrogens is 410 g/mol. The smallest absolute Gasteiger partial charge is 0.250 e. The molecule has 3 aliphatic heterocycles. The van der Waals surface area contributed by atoms with Gasteiger partial charge in [0.2, 0.25) is 17.7 Å². The van der Waals surface area contributed by atoms with E-state index in [9.17, 15) is 24.6 Å². The van der Waals surface area contributed by atoms with Crippen molar-refractivity contribution in [2.45, 2.75) is 44.3 Å². The Labute approximate surface area is 185 Å². The molecule has 8 nitrogen and oxygen atoms in total. The molecule has 0 aromatic heterocycles. The Morgan fingerprint density at radius 2 is 1.81 bits per heavy atom. The number of carbonyl (C=O) groups excluding carboxylic acids is 3. The Balaban J connectivity index is 1.63. The fraction of sp³-hybridized carbons (Fsp3) is 0.375. The van der Waals surface area contributed by atoms with E-state index in [4.69, 9.17) is 0 Å². The van der Waals surface area contributed by atoms with Crippen molar-refractivity contribution in [3.8, 4) is 11.5 Å². The van der Waals surface area contributed by atoms with Gasteiger partial charge in [-0.1, -0.05) is 31.2 Å². The topological polar surface area (TPSA) is 119 Å². The zero-order valence-corrected chi connectivity index (χ0v) is 17.8. The summed E-state index contributed by atoms with van der Waals surface area (Å²) in [5.41, 5.74) is 0.652. The number of anilines is 1. The number of nitrogens with one attached hydrogen (secondary N) is 2. The number of hydrogen-bond donors (Lipinski definition) is 4. The second kappa shape index (κ2) is 7.06. The van der Waals surface area contributed by atoms with Gasteiger partial charge in [-0.3, -0.25) is 24.6 Å². The summed E-state index contributed by atoms with van der Waals surface area (Å²) >= 11 is 0. The van der Waals surface area contributed by atoms with Gasteiger partial charge in [0.1, 0.15) is 5.54 Å². The van der Waals surface area contributed by atoms with Gasteiger partial charge in [-0.2, -0.15) is 0 Å². The van der Waals surface area contributed by atoms with E-state index in [2.05, 4.69) is 10.6 Å². The van der Waals surface area contributed by atoms with Gasteiger partial charge >= 0.3 is 0 Å². The second-order valence-electron chi connectivity index (χ2n) is 8.89. The predicted octanol–water partition coefficient (Wildman–Crippen LogP) is 1.86. The van der Waals surface area contributed by atoms with Crippen LogP contribution in [0, 0.1) is 11.8 Å². The fourth-order valence-corrected chi connectivity index (χ4v) is 5.52. The number of amides is 3. The molecule has 8 heteroatoms. The molecule has 2 saturated heterocycles. The van der Waals surface area contributed by atoms with Crippen LogP contribution in [-0.2, 0) is 26.3 Å². The average Bonchev–Trinajstić information content (AvgIpc) is 3.35. The van der Waals surface area contributed by atoms with E-state index in [1.807, 2.05) is 32.0 Å². The number of imide groups is 1. The summed E-state index contributed by atoms with van der Waals surface area (Å²) in [6.45, 7) is 3.76. The quantitative estimate of drug-likeness (QED) is 0.430. The Morgan fingerprint density at radius 1 is 1.06 bits per heavy atom. The molecule has 32 heavy (non-hydrogen) atoms. The highest BCUT2D eigenvalue weighted by atomic mass is 16.3. The van der Waals surface area contributed by atoms with E-state index in [0.29, 0.717) is 29.7 Å². The maximum Gasteiger partial charge on any atom is 0.250 e. The van der Waals surface area contributed by atoms with Crippen molar-refractivity contribution in [3.63, 3.8) is 0 Å². The highest BCUT2D eigenvalue weighted by Crippen LogP contribution is 2.53. The summed E-state index contributed by atoms with van der Waals surface area (Å²) < 4.78 is 0. The normalized spacial score (nSPS) is 29.4. The Bertz CT molecular complexity index is 1150. The number of fused-ring (bicyclic) bond motifs is 4. The molecule has 2 aromatic carbocycles. The van der Waals surface area contributed by atoms with Gasteiger partial charge < -0.3 is 15.5 Å². The molecule has 0 radical (unpaired) electrons. The average molecular weight is 435 g/mol. The Hall–Kier alpha value is -3.39. The molecule has 5 rings (SSSR count). The predicted molar refractivity (Wildman–Crippen MR) is 116 cm³/mol. The third-order valence-electron chi connectivity index (χ3n) is 7.18. The lowest BCUT2D eigenvalue weighted by Crippen LogP contribution is -2.54. The van der Waals surface area contributed by atoms with Crippen LogP contribution in [0.1, 0.15) is 31.4 Å². The van der Waals surface area contributed by atoms with Crippen LogP contribution in [0.15, 0.2) is 42.5 Å². The molecule has 2 aromatic rings. The van der Waals surface area contributed by atoms with E-state index in [-0.39, 0.29) is 35.3 Å². The summed E-state index contributed by atoms with van der Waals surface area (Å²) in [6.07, 6.45) is 0.927. The van der Waals surface area contributed by atoms with Gasteiger partial charge in [0.25, 0.3) is 0 Å². The first kappa shape index (κ1) is 20.5. The van der Waals surface area contributed by atoms with Crippen molar-refractivity contribution in [1.29, 1.82) is 0 Å². The number of likely N-dealkylation sites (tertiary alicyclic amines) is 1. The maximum absolute atomic E-state index is 13.6. The monoisotopic (exact) mass is 435 g/mol. The summed E-state index contributed by atoms with van der Waals surface area (Å²) in [7, 11) is 0. The number of rotatable bonds is 4. The molecule has 166 valence electrons. The van der Waals surface area contributed by atoms with E-state index < -0.39 is 23.4 Å². The molecule has 0 unspecified atom stereocenters. The van der Waals surface area contributed by atoms with E-state index in [0.717, 1.165) is 0 Å². The van der Waals surface area contributed by atoms with Crippen LogP contribution in [0.25, 0.3) is 0 Å². The van der Waals surface area contributed by atoms with Crippen LogP contribution >= 0.6 is 0 Å². The summed E-state index contributed by atoms with van der Waals surface area (Å²) in [5.74, 6) is -3.01. The third-order valence-corrected chi connectivity index (χ3v) is 7.18. The molecular formula is C24H25N3O5. The van der Waals surface area contributed by atoms with Crippen molar-refractivity contribution in [1.82, 2.24) is 10.2 Å². The number of nitrogens with zero attached hydrogens (tertiary/aromatic N) is 1. The van der Waals surface area contributed by atoms with Gasteiger partial charge in [0.15, 0.2) is 11.5 Å². The highest BCUT2D eigenvalue weighted by Gasteiger charge is 2.70. The summed E-state index contributed by atoms with van der Waals surface area (Å²) in [6, 6.07) is 10.9. The SMILES string of the molecule is CC[C@H](C)N1C(=O)[C@H]2[C@@H](C1=O)[C@]1(N[C@@H]2Cc2ccc(O)c(O)c2)C(=O)Nc2ccccc21. The molecule has 1 spiro atoms. The van der Waals surface area contributed by atoms with Gasteiger partial charge in [-0.15, -0.1) is 0 Å². The first-order valence-corrected chi connectivity index (χ1v) is 10.9. The number of phenols is 2. The number of phenolic OH excluding ortho intramolecular Hbond substituents is 2. The number of aromatic hydroxyl groups is 2. The van der Waals surface area contributed by atoms with Crippen LogP contribution in [0.5, 0.6) is 11.5 Å². The standard InChI is InChI=1S/C24H25N3O5/c1-3-12(2)27-21(30)19-16(10-13-8-9-17(28)18(29)11-13)26-24(20(19)22(27)31)14-6-4-5-7-15(14)25-23(24)32/h4-9,11-12,16,19-20,26,28-29H,3,10H2,1-2H3,(H,25,32)/t12-,16+,19+,20-,24-/m0/s1. The molecule has 0 bridgehead atoms. The van der Waals surface area contributed by atoms with Crippen LogP contribution in [-0.4, -0.2) is 44.9 Å². The molecule has 0 aliphatic carbocycles. The van der Waals surface area contributed by atoms with Crippen molar-refractivity contribution >= 4 is 23.4 Å². The minimum absolute atomic E-state index is 0.235. The summed E-state index contributed by atoms with van der Waals surface area (Å²) in [5, 5.41) is 25.8. The highest BCUT2D eigenvalue weighted by molar-refractivity contribution is 6.15. The first-order chi connectivity index (χ1) is 15.3. The van der Waals surface area contributed by atoms with Crippen LogP contribution in [0.3, 0.4) is 0 Å². The lowest BCUT2D eigenvalue weighted by Gasteiger charge is -2.31. The molecule has 4 N–H and O–H groups in total. The fourth-order valence-electron chi connectivity index (χ4n) is 5.52. The van der Waals surface area contributed by atoms with Crippen molar-refractivity contribution in [3.05, 3.63) is 53.6 Å². The zero-order valence-electron chi connectivity index (χ0n) is 17.8. The minimum Gasteiger partial charge on any atom is -0.504 e. The largest absolute Gasteiger partial charge is 0.504 e. The molecule has 0 saturated carbocycles. The van der Waals surface area contributed by atoms with Gasteiger partial charge in [-0.05, 0) is 43.5 Å². The molecule has 3 aliphatic rings. The van der Waals surface area contributed by atoms with Crippen molar-refractivity contribution < 1.29 is 24.6 Å². The molecule has 3 heterocycles. The van der Waals surface area contributed by atoms with E-state index in [1.54, 1.807) is 12.1 Å².